The van der Waals surface area contributed by atoms with Gasteiger partial charge in [0.05, 0.1) is 16.5 Å². The van der Waals surface area contributed by atoms with Crippen LogP contribution in [0.5, 0.6) is 0 Å². The topological polar surface area (TPSA) is 66.5 Å². The van der Waals surface area contributed by atoms with Gasteiger partial charge in [-0.25, -0.2) is 8.42 Å². The van der Waals surface area contributed by atoms with Crippen molar-refractivity contribution in [2.24, 2.45) is 0 Å². The van der Waals surface area contributed by atoms with Gasteiger partial charge in [-0.1, -0.05) is 15.9 Å². The summed E-state index contributed by atoms with van der Waals surface area (Å²) in [6.45, 7) is 2.56. The number of amides is 1. The van der Waals surface area contributed by atoms with Crippen molar-refractivity contribution in [3.05, 3.63) is 52.0 Å². The van der Waals surface area contributed by atoms with E-state index in [1.807, 2.05) is 6.92 Å². The molecule has 2 aromatic carbocycles. The minimum atomic E-state index is -3.71. The van der Waals surface area contributed by atoms with Crippen LogP contribution in [0.4, 0.5) is 11.4 Å². The van der Waals surface area contributed by atoms with Crippen LogP contribution in [0.1, 0.15) is 30.4 Å². The average molecular weight is 421 g/mol. The van der Waals surface area contributed by atoms with Gasteiger partial charge in [0.2, 0.25) is 5.91 Å². The van der Waals surface area contributed by atoms with Crippen LogP contribution in [-0.4, -0.2) is 20.9 Å². The Labute approximate surface area is 155 Å². The van der Waals surface area contributed by atoms with Gasteiger partial charge < -0.3 is 4.90 Å². The molecule has 2 aliphatic rings. The Hall–Kier alpha value is -1.86. The maximum atomic E-state index is 12.8. The van der Waals surface area contributed by atoms with E-state index in [2.05, 4.69) is 20.7 Å². The fourth-order valence-electron chi connectivity index (χ4n) is 3.55. The number of carbonyl (C=O) groups is 1. The van der Waals surface area contributed by atoms with E-state index in [-0.39, 0.29) is 16.7 Å². The number of nitrogens with one attached hydrogen (secondary N) is 1. The molecule has 7 heteroatoms. The van der Waals surface area contributed by atoms with Gasteiger partial charge in [-0.2, -0.15) is 0 Å². The Kier molecular flexibility index (Phi) is 3.88. The van der Waals surface area contributed by atoms with Crippen LogP contribution in [0.25, 0.3) is 0 Å². The fraction of sp³-hybridized carbons (Fsp3) is 0.278. The Balaban J connectivity index is 1.76. The zero-order valence-corrected chi connectivity index (χ0v) is 16.0. The Bertz CT molecular complexity index is 971. The first-order valence-corrected chi connectivity index (χ1v) is 10.4. The molecule has 0 fully saturated rings. The number of anilines is 2. The summed E-state index contributed by atoms with van der Waals surface area (Å²) in [6, 6.07) is 10.3. The molecule has 0 unspecified atom stereocenters. The first-order chi connectivity index (χ1) is 11.9. The second-order valence-electron chi connectivity index (χ2n) is 6.45. The van der Waals surface area contributed by atoms with Gasteiger partial charge in [0, 0.05) is 16.7 Å². The molecule has 5 nitrogen and oxygen atoms in total. The van der Waals surface area contributed by atoms with Crippen LogP contribution in [0.15, 0.2) is 45.8 Å². The van der Waals surface area contributed by atoms with Gasteiger partial charge in [0.25, 0.3) is 10.0 Å². The van der Waals surface area contributed by atoms with Crippen LogP contribution in [0, 0.1) is 0 Å². The zero-order valence-electron chi connectivity index (χ0n) is 13.6. The van der Waals surface area contributed by atoms with E-state index in [1.54, 1.807) is 41.3 Å². The van der Waals surface area contributed by atoms with Crippen LogP contribution in [0.2, 0.25) is 0 Å². The van der Waals surface area contributed by atoms with Gasteiger partial charge in [-0.15, -0.1) is 0 Å². The molecule has 25 heavy (non-hydrogen) atoms. The molecule has 0 aromatic heterocycles. The second kappa shape index (κ2) is 5.85. The minimum absolute atomic E-state index is 0.0615. The Morgan fingerprint density at radius 1 is 1.20 bits per heavy atom. The third-order valence-electron chi connectivity index (χ3n) is 4.80. The van der Waals surface area contributed by atoms with Crippen molar-refractivity contribution in [2.45, 2.75) is 30.6 Å². The first-order valence-electron chi connectivity index (χ1n) is 8.13. The molecule has 2 heterocycles. The number of benzene rings is 2. The Morgan fingerprint density at radius 2 is 1.92 bits per heavy atom. The highest BCUT2D eigenvalue weighted by molar-refractivity contribution is 9.10. The number of hydrogen-bond acceptors (Lipinski definition) is 3. The molecule has 1 amide bonds. The lowest BCUT2D eigenvalue weighted by molar-refractivity contribution is -0.119. The first kappa shape index (κ1) is 16.6. The molecule has 0 spiro atoms. The molecule has 4 rings (SSSR count). The quantitative estimate of drug-likeness (QED) is 0.823. The van der Waals surface area contributed by atoms with E-state index in [0.29, 0.717) is 12.2 Å². The van der Waals surface area contributed by atoms with Crippen LogP contribution in [-0.2, 0) is 21.2 Å². The van der Waals surface area contributed by atoms with Crippen molar-refractivity contribution >= 4 is 43.2 Å². The maximum Gasteiger partial charge on any atom is 0.261 e. The van der Waals surface area contributed by atoms with Crippen molar-refractivity contribution in [2.75, 3.05) is 16.2 Å². The van der Waals surface area contributed by atoms with Crippen molar-refractivity contribution in [3.63, 3.8) is 0 Å². The molecule has 0 saturated carbocycles. The number of hydrogen-bond donors (Lipinski definition) is 1. The number of carbonyl (C=O) groups excluding carboxylic acids is 1. The van der Waals surface area contributed by atoms with E-state index < -0.39 is 10.0 Å². The van der Waals surface area contributed by atoms with E-state index in [0.717, 1.165) is 34.1 Å². The lowest BCUT2D eigenvalue weighted by Gasteiger charge is -2.26. The summed E-state index contributed by atoms with van der Waals surface area (Å²) in [7, 11) is -3.71. The third-order valence-corrected chi connectivity index (χ3v) is 6.69. The van der Waals surface area contributed by atoms with Gasteiger partial charge in [-0.3, -0.25) is 9.52 Å². The number of nitrogens with zero attached hydrogens (tertiary/aromatic N) is 1. The predicted molar refractivity (Wildman–Crippen MR) is 100 cm³/mol. The highest BCUT2D eigenvalue weighted by Gasteiger charge is 2.38. The molecule has 2 aliphatic heterocycles. The number of sulfonamides is 1. The highest BCUT2D eigenvalue weighted by atomic mass is 79.9. The van der Waals surface area contributed by atoms with E-state index in [4.69, 9.17) is 0 Å². The lowest BCUT2D eigenvalue weighted by atomic mass is 9.97. The summed E-state index contributed by atoms with van der Waals surface area (Å²) >= 11 is 3.33. The van der Waals surface area contributed by atoms with Gasteiger partial charge >= 0.3 is 0 Å². The van der Waals surface area contributed by atoms with Crippen molar-refractivity contribution in [1.29, 1.82) is 0 Å². The standard InChI is InChI=1S/C18H17BrN2O3S/c1-11-16-10-15(9-12-3-2-8-21(17(12)16)18(11)22)25(23,24)20-14-6-4-13(19)5-7-14/h4-7,9-11,20H,2-3,8H2,1H3/t11-/m0/s1. The number of rotatable bonds is 3. The third kappa shape index (κ3) is 2.75. The summed E-state index contributed by atoms with van der Waals surface area (Å²) in [5.74, 6) is -0.235. The fourth-order valence-corrected chi connectivity index (χ4v) is 4.96. The van der Waals surface area contributed by atoms with E-state index in [1.165, 1.54) is 0 Å². The van der Waals surface area contributed by atoms with Crippen LogP contribution < -0.4 is 9.62 Å². The molecule has 0 saturated heterocycles. The normalized spacial score (nSPS) is 19.0. The summed E-state index contributed by atoms with van der Waals surface area (Å²) in [6.07, 6.45) is 1.65. The van der Waals surface area contributed by atoms with E-state index >= 15 is 0 Å². The monoisotopic (exact) mass is 420 g/mol. The molecule has 130 valence electrons. The van der Waals surface area contributed by atoms with E-state index in [9.17, 15) is 13.2 Å². The van der Waals surface area contributed by atoms with Gasteiger partial charge in [0.15, 0.2) is 0 Å². The van der Waals surface area contributed by atoms with Crippen molar-refractivity contribution in [1.82, 2.24) is 0 Å². The molecular formula is C18H17BrN2O3S. The lowest BCUT2D eigenvalue weighted by Crippen LogP contribution is -2.32. The molecule has 0 aliphatic carbocycles. The molecule has 1 N–H and O–H groups in total. The molecule has 0 bridgehead atoms. The van der Waals surface area contributed by atoms with Crippen molar-refractivity contribution < 1.29 is 13.2 Å². The highest BCUT2D eigenvalue weighted by Crippen LogP contribution is 2.44. The van der Waals surface area contributed by atoms with Gasteiger partial charge in [0.1, 0.15) is 0 Å². The second-order valence-corrected chi connectivity index (χ2v) is 9.05. The maximum absolute atomic E-state index is 12.8. The zero-order chi connectivity index (χ0) is 17.8. The van der Waals surface area contributed by atoms with Gasteiger partial charge in [-0.05, 0) is 67.3 Å². The SMILES string of the molecule is C[C@@H]1C(=O)N2CCCc3cc(S(=O)(=O)Nc4ccc(Br)cc4)cc1c32. The molecule has 0 radical (unpaired) electrons. The van der Waals surface area contributed by atoms with Crippen molar-refractivity contribution in [3.8, 4) is 0 Å². The number of halogens is 1. The molecule has 1 atom stereocenters. The summed E-state index contributed by atoms with van der Waals surface area (Å²) in [4.78, 5) is 14.4. The smallest absolute Gasteiger partial charge is 0.261 e. The molecule has 2 aromatic rings. The summed E-state index contributed by atoms with van der Waals surface area (Å²) in [5.41, 5.74) is 3.19. The largest absolute Gasteiger partial charge is 0.311 e. The number of aryl methyl sites for hydroxylation is 1. The molecular weight excluding hydrogens is 404 g/mol. The Morgan fingerprint density at radius 3 is 2.64 bits per heavy atom. The van der Waals surface area contributed by atoms with Crippen LogP contribution >= 0.6 is 15.9 Å². The summed E-state index contributed by atoms with van der Waals surface area (Å²) in [5, 5.41) is 0. The summed E-state index contributed by atoms with van der Waals surface area (Å²) < 4.78 is 29.1. The average Bonchev–Trinajstić information content (AvgIpc) is 2.84. The minimum Gasteiger partial charge on any atom is -0.311 e. The van der Waals surface area contributed by atoms with Crippen LogP contribution in [0.3, 0.4) is 0 Å². The predicted octanol–water partition coefficient (Wildman–Crippen LogP) is 3.65.